The third-order valence-corrected chi connectivity index (χ3v) is 12.2. The van der Waals surface area contributed by atoms with Gasteiger partial charge in [0.05, 0.1) is 26.2 Å². The molecule has 0 amide bonds. The van der Waals surface area contributed by atoms with E-state index in [9.17, 15) is 28.9 Å². The smallest absolute Gasteiger partial charge is 0.462 e. The summed E-state index contributed by atoms with van der Waals surface area (Å²) in [5.41, 5.74) is 0. The summed E-state index contributed by atoms with van der Waals surface area (Å²) in [5.74, 6) is -1.64. The lowest BCUT2D eigenvalue weighted by Crippen LogP contribution is -2.30. The van der Waals surface area contributed by atoms with Gasteiger partial charge in [-0.05, 0) is 83.5 Å². The molecule has 0 saturated carbocycles. The van der Waals surface area contributed by atoms with Gasteiger partial charge in [-0.25, -0.2) is 4.57 Å². The summed E-state index contributed by atoms with van der Waals surface area (Å²) in [7, 11) is -4.78. The number of aliphatic hydroxyl groups excluding tert-OH is 1. The van der Waals surface area contributed by atoms with E-state index in [4.69, 9.17) is 23.3 Å². The SMILES string of the molecule is CC/C=C\C/C=C\C/C=C\C/C=C\C/C=C\CC(=O)OC(COC(=O)CCCCCCCC/C=C\C/C=C\C/C=C\C/C=C\CC)COP(=O)(O)OCC(CO)OC(=O)CCCCCCCCCCCCC. The molecule has 0 bridgehead atoms. The van der Waals surface area contributed by atoms with E-state index < -0.39 is 57.8 Å². The number of ether oxygens (including phenoxy) is 3. The monoisotopic (exact) mass is 1030 g/mol. The van der Waals surface area contributed by atoms with E-state index in [-0.39, 0.29) is 25.9 Å². The summed E-state index contributed by atoms with van der Waals surface area (Å²) >= 11 is 0. The summed E-state index contributed by atoms with van der Waals surface area (Å²) in [5, 5.41) is 9.78. The number of carbonyl (C=O) groups excluding carboxylic acids is 3. The number of unbranched alkanes of at least 4 members (excludes halogenated alkanes) is 16. The molecule has 11 nitrogen and oxygen atoms in total. The van der Waals surface area contributed by atoms with Crippen LogP contribution in [0.15, 0.2) is 109 Å². The highest BCUT2D eigenvalue weighted by atomic mass is 31.2. The molecule has 3 atom stereocenters. The van der Waals surface area contributed by atoms with E-state index in [1.165, 1.54) is 44.9 Å². The Labute approximate surface area is 437 Å². The number of aliphatic hydroxyl groups is 1. The number of phosphoric ester groups is 1. The molecule has 0 aromatic carbocycles. The van der Waals surface area contributed by atoms with Gasteiger partial charge < -0.3 is 24.2 Å². The normalized spacial score (nSPS) is 14.2. The molecule has 2 N–H and O–H groups in total. The Morgan fingerprint density at radius 2 is 0.778 bits per heavy atom. The van der Waals surface area contributed by atoms with Crippen LogP contribution in [-0.4, -0.2) is 66.5 Å². The molecule has 0 spiro atoms. The number of carbonyl (C=O) groups is 3. The van der Waals surface area contributed by atoms with Crippen molar-refractivity contribution in [3.8, 4) is 0 Å². The Morgan fingerprint density at radius 1 is 0.417 bits per heavy atom. The molecule has 72 heavy (non-hydrogen) atoms. The van der Waals surface area contributed by atoms with Crippen LogP contribution in [0.2, 0.25) is 0 Å². The molecule has 0 aromatic rings. The summed E-state index contributed by atoms with van der Waals surface area (Å²) in [6, 6.07) is 0. The molecule has 0 aromatic heterocycles. The number of rotatable bonds is 50. The fourth-order valence-electron chi connectivity index (χ4n) is 7.07. The average Bonchev–Trinajstić information content (AvgIpc) is 3.37. The van der Waals surface area contributed by atoms with Crippen molar-refractivity contribution in [1.29, 1.82) is 0 Å². The lowest BCUT2D eigenvalue weighted by Gasteiger charge is -2.21. The summed E-state index contributed by atoms with van der Waals surface area (Å²) in [6.45, 7) is 4.27. The van der Waals surface area contributed by atoms with Crippen molar-refractivity contribution in [2.45, 2.75) is 226 Å². The van der Waals surface area contributed by atoms with Crippen LogP contribution in [0, 0.1) is 0 Å². The Hall–Kier alpha value is -3.86. The summed E-state index contributed by atoms with van der Waals surface area (Å²) in [4.78, 5) is 48.4. The van der Waals surface area contributed by atoms with Gasteiger partial charge in [-0.2, -0.15) is 0 Å². The van der Waals surface area contributed by atoms with E-state index in [0.717, 1.165) is 109 Å². The van der Waals surface area contributed by atoms with E-state index in [2.05, 4.69) is 106 Å². The van der Waals surface area contributed by atoms with E-state index in [0.29, 0.717) is 19.3 Å². The molecule has 0 fully saturated rings. The van der Waals surface area contributed by atoms with Gasteiger partial charge in [-0.15, -0.1) is 0 Å². The van der Waals surface area contributed by atoms with Crippen molar-refractivity contribution >= 4 is 25.7 Å². The van der Waals surface area contributed by atoms with Crippen molar-refractivity contribution in [3.05, 3.63) is 109 Å². The largest absolute Gasteiger partial charge is 0.472 e. The Morgan fingerprint density at radius 3 is 1.22 bits per heavy atom. The van der Waals surface area contributed by atoms with Gasteiger partial charge in [0.2, 0.25) is 0 Å². The second-order valence-corrected chi connectivity index (χ2v) is 19.5. The van der Waals surface area contributed by atoms with Crippen molar-refractivity contribution in [2.75, 3.05) is 26.4 Å². The van der Waals surface area contributed by atoms with Gasteiger partial charge in [0, 0.05) is 12.8 Å². The lowest BCUT2D eigenvalue weighted by molar-refractivity contribution is -0.160. The van der Waals surface area contributed by atoms with Gasteiger partial charge in [0.1, 0.15) is 12.7 Å². The molecule has 12 heteroatoms. The van der Waals surface area contributed by atoms with Gasteiger partial charge in [-0.1, -0.05) is 220 Å². The van der Waals surface area contributed by atoms with Gasteiger partial charge >= 0.3 is 25.7 Å². The Kier molecular flexibility index (Phi) is 50.6. The molecule has 0 heterocycles. The van der Waals surface area contributed by atoms with Crippen LogP contribution < -0.4 is 0 Å². The summed E-state index contributed by atoms with van der Waals surface area (Å²) in [6.07, 6.45) is 63.7. The maximum Gasteiger partial charge on any atom is 0.472 e. The fraction of sp³-hybridized carbons (Fsp3) is 0.650. The van der Waals surface area contributed by atoms with Crippen LogP contribution in [-0.2, 0) is 42.2 Å². The second-order valence-electron chi connectivity index (χ2n) is 18.0. The van der Waals surface area contributed by atoms with Gasteiger partial charge in [0.25, 0.3) is 0 Å². The van der Waals surface area contributed by atoms with Crippen molar-refractivity contribution in [1.82, 2.24) is 0 Å². The lowest BCUT2D eigenvalue weighted by atomic mass is 10.1. The molecule has 3 unspecified atom stereocenters. The maximum absolute atomic E-state index is 12.9. The van der Waals surface area contributed by atoms with Crippen LogP contribution in [0.5, 0.6) is 0 Å². The highest BCUT2D eigenvalue weighted by Gasteiger charge is 2.28. The van der Waals surface area contributed by atoms with Gasteiger partial charge in [0.15, 0.2) is 6.10 Å². The molecule has 0 rings (SSSR count). The van der Waals surface area contributed by atoms with Crippen molar-refractivity contribution in [3.63, 3.8) is 0 Å². The highest BCUT2D eigenvalue weighted by molar-refractivity contribution is 7.47. The molecular formula is C60H99O11P. The molecule has 0 aliphatic rings. The standard InChI is InChI=1S/C60H99O11P/c1-4-7-10-13-16-19-22-24-26-27-28-29-31-32-35-37-40-43-46-49-58(62)67-53-57(71-60(64)51-48-45-42-39-36-33-30-25-23-20-17-14-11-8-5-2)55-69-72(65,66)68-54-56(52-61)70-59(63)50-47-44-41-38-34-21-18-15-12-9-6-3/h7-8,10-11,16-17,19-20,24-26,28-30,36,39,45,48,56-57,61H,4-6,9,12-15,18,21-23,27,31-35,37-38,40-44,46-47,49-55H2,1-3H3,(H,65,66)/b10-7-,11-8-,19-16-,20-17-,26-24-,29-28-,30-25-,39-36-,48-45-. The zero-order chi connectivity index (χ0) is 52.7. The summed E-state index contributed by atoms with van der Waals surface area (Å²) < 4.78 is 39.3. The van der Waals surface area contributed by atoms with Gasteiger partial charge in [-0.3, -0.25) is 23.4 Å². The molecule has 0 aliphatic carbocycles. The first-order valence-electron chi connectivity index (χ1n) is 27.8. The van der Waals surface area contributed by atoms with Crippen LogP contribution >= 0.6 is 7.82 Å². The molecule has 0 aliphatic heterocycles. The first-order valence-corrected chi connectivity index (χ1v) is 29.3. The number of allylic oxidation sites excluding steroid dienone is 17. The quantitative estimate of drug-likeness (QED) is 0.0197. The number of hydrogen-bond acceptors (Lipinski definition) is 10. The highest BCUT2D eigenvalue weighted by Crippen LogP contribution is 2.43. The minimum absolute atomic E-state index is 0.0720. The number of esters is 3. The molecule has 410 valence electrons. The van der Waals surface area contributed by atoms with Crippen LogP contribution in [0.25, 0.3) is 0 Å². The second kappa shape index (κ2) is 53.4. The molecule has 0 saturated heterocycles. The zero-order valence-electron chi connectivity index (χ0n) is 45.1. The number of phosphoric acid groups is 1. The van der Waals surface area contributed by atoms with E-state index >= 15 is 0 Å². The third kappa shape index (κ3) is 51.1. The third-order valence-electron chi connectivity index (χ3n) is 11.2. The Bertz CT molecular complexity index is 1620. The first kappa shape index (κ1) is 68.1. The molecule has 0 radical (unpaired) electrons. The first-order chi connectivity index (χ1) is 35.2. The average molecular weight is 1030 g/mol. The zero-order valence-corrected chi connectivity index (χ0v) is 46.0. The topological polar surface area (TPSA) is 155 Å². The molecular weight excluding hydrogens is 928 g/mol. The Balaban J connectivity index is 4.86. The van der Waals surface area contributed by atoms with Crippen LogP contribution in [0.1, 0.15) is 213 Å². The maximum atomic E-state index is 12.9. The van der Waals surface area contributed by atoms with Crippen LogP contribution in [0.4, 0.5) is 0 Å². The minimum atomic E-state index is -4.78. The predicted octanol–water partition coefficient (Wildman–Crippen LogP) is 16.2. The van der Waals surface area contributed by atoms with Crippen LogP contribution in [0.3, 0.4) is 0 Å². The van der Waals surface area contributed by atoms with E-state index in [1.807, 2.05) is 18.2 Å². The number of hydrogen-bond donors (Lipinski definition) is 2. The minimum Gasteiger partial charge on any atom is -0.462 e. The fourth-order valence-corrected chi connectivity index (χ4v) is 7.85. The predicted molar refractivity (Wildman–Crippen MR) is 297 cm³/mol. The van der Waals surface area contributed by atoms with E-state index in [1.54, 1.807) is 6.08 Å². The van der Waals surface area contributed by atoms with Crippen molar-refractivity contribution < 1.29 is 52.2 Å². The van der Waals surface area contributed by atoms with Crippen molar-refractivity contribution in [2.24, 2.45) is 0 Å².